The Bertz CT molecular complexity index is 1010. The van der Waals surface area contributed by atoms with Crippen LogP contribution in [0.5, 0.6) is 0 Å². The molecule has 0 radical (unpaired) electrons. The molecule has 37 heavy (non-hydrogen) atoms. The minimum absolute atomic E-state index is 0.146. The minimum Gasteiger partial charge on any atom is -0.431 e. The average Bonchev–Trinajstić information content (AvgIpc) is 3.16. The molecule has 0 bridgehead atoms. The van der Waals surface area contributed by atoms with Crippen molar-refractivity contribution < 1.29 is 29.2 Å². The van der Waals surface area contributed by atoms with Crippen LogP contribution in [-0.4, -0.2) is 58.2 Å². The van der Waals surface area contributed by atoms with Crippen molar-refractivity contribution in [1.29, 1.82) is 0 Å². The Kier molecular flexibility index (Phi) is 7.71. The maximum Gasteiger partial charge on any atom is 0.335 e. The van der Waals surface area contributed by atoms with E-state index in [0.29, 0.717) is 11.8 Å². The van der Waals surface area contributed by atoms with Crippen LogP contribution in [0.3, 0.4) is 0 Å². The summed E-state index contributed by atoms with van der Waals surface area (Å²) in [6, 6.07) is 2.74. The highest BCUT2D eigenvalue weighted by Crippen LogP contribution is 2.66. The fraction of sp³-hybridized carbons (Fsp3) is 0.759. The van der Waals surface area contributed by atoms with E-state index in [-0.39, 0.29) is 35.6 Å². The quantitative estimate of drug-likeness (QED) is 0.450. The van der Waals surface area contributed by atoms with Crippen LogP contribution in [0.1, 0.15) is 76.7 Å². The third-order valence-corrected chi connectivity index (χ3v) is 10.3. The van der Waals surface area contributed by atoms with Gasteiger partial charge in [0.05, 0.1) is 30.6 Å². The van der Waals surface area contributed by atoms with Crippen molar-refractivity contribution in [2.75, 3.05) is 6.61 Å². The van der Waals surface area contributed by atoms with Crippen LogP contribution in [0.4, 0.5) is 0 Å². The van der Waals surface area contributed by atoms with Gasteiger partial charge in [-0.15, -0.1) is 0 Å². The average molecular weight is 518 g/mol. The van der Waals surface area contributed by atoms with Gasteiger partial charge in [-0.3, -0.25) is 0 Å². The van der Waals surface area contributed by atoms with Gasteiger partial charge in [0.1, 0.15) is 12.2 Å². The van der Waals surface area contributed by atoms with E-state index in [9.17, 15) is 20.1 Å². The highest BCUT2D eigenvalue weighted by Gasteiger charge is 2.63. The summed E-state index contributed by atoms with van der Waals surface area (Å²) in [6.07, 6.45) is 9.49. The predicted octanol–water partition coefficient (Wildman–Crippen LogP) is 2.84. The second kappa shape index (κ2) is 10.5. The third-order valence-electron chi connectivity index (χ3n) is 10.3. The van der Waals surface area contributed by atoms with Gasteiger partial charge in [0.2, 0.25) is 0 Å². The molecule has 11 unspecified atom stereocenters. The van der Waals surface area contributed by atoms with Crippen LogP contribution in [0.2, 0.25) is 0 Å². The monoisotopic (exact) mass is 517 g/mol. The molecule has 11 atom stereocenters. The molecule has 2 heterocycles. The van der Waals surface area contributed by atoms with E-state index in [4.69, 9.17) is 19.6 Å². The molecule has 1 aliphatic heterocycles. The van der Waals surface area contributed by atoms with Gasteiger partial charge in [0, 0.05) is 11.5 Å². The lowest BCUT2D eigenvalue weighted by Crippen LogP contribution is -2.57. The Labute approximate surface area is 218 Å². The van der Waals surface area contributed by atoms with E-state index in [1.807, 2.05) is 12.1 Å². The van der Waals surface area contributed by atoms with Crippen molar-refractivity contribution in [3.05, 3.63) is 46.5 Å². The van der Waals surface area contributed by atoms with Crippen molar-refractivity contribution in [3.8, 4) is 0 Å². The van der Waals surface area contributed by atoms with Gasteiger partial charge in [-0.2, -0.15) is 0 Å². The predicted molar refractivity (Wildman–Crippen MR) is 138 cm³/mol. The molecule has 8 heteroatoms. The molecule has 0 aromatic carbocycles. The second-order valence-corrected chi connectivity index (χ2v) is 12.2. The summed E-state index contributed by atoms with van der Waals surface area (Å²) < 4.78 is 16.9. The maximum absolute atomic E-state index is 12.4. The third kappa shape index (κ3) is 4.85. The van der Waals surface area contributed by atoms with Gasteiger partial charge in [0.15, 0.2) is 6.29 Å². The number of nitrogens with two attached hydrogens (primary N) is 1. The van der Waals surface area contributed by atoms with Crippen molar-refractivity contribution in [2.24, 2.45) is 28.9 Å². The Balaban J connectivity index is 1.32. The second-order valence-electron chi connectivity index (χ2n) is 12.2. The summed E-state index contributed by atoms with van der Waals surface area (Å²) in [5.41, 5.74) is 5.44. The molecule has 5 N–H and O–H groups in total. The van der Waals surface area contributed by atoms with Gasteiger partial charge in [-0.1, -0.05) is 26.0 Å². The zero-order valence-corrected chi connectivity index (χ0v) is 22.0. The summed E-state index contributed by atoms with van der Waals surface area (Å²) in [4.78, 5) is 11.5. The molecule has 4 aliphatic rings. The minimum atomic E-state index is -1.17. The van der Waals surface area contributed by atoms with Gasteiger partial charge in [-0.05, 0) is 86.7 Å². The van der Waals surface area contributed by atoms with Gasteiger partial charge < -0.3 is 34.9 Å². The van der Waals surface area contributed by atoms with Crippen LogP contribution in [0.25, 0.3) is 0 Å². The molecule has 0 spiro atoms. The van der Waals surface area contributed by atoms with Crippen molar-refractivity contribution in [1.82, 2.24) is 0 Å². The number of hydrogen-bond acceptors (Lipinski definition) is 8. The van der Waals surface area contributed by atoms with Crippen LogP contribution in [0, 0.1) is 23.2 Å². The SMILES string of the molecule is CC1CCC(OC2OCC(N)C(O)C2O)C=CCCC2C1CCC1(C)C(c3ccc(=O)oc3)CCC21O. The van der Waals surface area contributed by atoms with Gasteiger partial charge in [-0.25, -0.2) is 4.79 Å². The molecule has 0 amide bonds. The summed E-state index contributed by atoms with van der Waals surface area (Å²) >= 11 is 0. The van der Waals surface area contributed by atoms with Crippen molar-refractivity contribution in [3.63, 3.8) is 0 Å². The number of allylic oxidation sites excluding steroid dienone is 1. The first kappa shape index (κ1) is 27.0. The number of aliphatic hydroxyl groups excluding tert-OH is 2. The molecule has 5 rings (SSSR count). The van der Waals surface area contributed by atoms with E-state index in [2.05, 4.69) is 19.9 Å². The molecular formula is C29H43NO7. The lowest BCUT2D eigenvalue weighted by molar-refractivity contribution is -0.258. The summed E-state index contributed by atoms with van der Waals surface area (Å²) in [6.45, 7) is 4.68. The Morgan fingerprint density at radius 3 is 2.65 bits per heavy atom. The number of ether oxygens (including phenoxy) is 2. The summed E-state index contributed by atoms with van der Waals surface area (Å²) in [7, 11) is 0. The zero-order valence-electron chi connectivity index (χ0n) is 22.0. The van der Waals surface area contributed by atoms with E-state index < -0.39 is 30.1 Å². The Morgan fingerprint density at radius 1 is 1.08 bits per heavy atom. The highest BCUT2D eigenvalue weighted by atomic mass is 16.7. The molecule has 8 nitrogen and oxygen atoms in total. The van der Waals surface area contributed by atoms with E-state index in [1.165, 1.54) is 6.07 Å². The Hall–Kier alpha value is -1.55. The molecule has 3 aliphatic carbocycles. The number of fused-ring (bicyclic) bond motifs is 3. The smallest absolute Gasteiger partial charge is 0.335 e. The number of hydrogen-bond donors (Lipinski definition) is 4. The summed E-state index contributed by atoms with van der Waals surface area (Å²) in [5.74, 6) is 1.19. The lowest BCUT2D eigenvalue weighted by Gasteiger charge is -2.56. The first-order valence-electron chi connectivity index (χ1n) is 14.0. The summed E-state index contributed by atoms with van der Waals surface area (Å²) in [5, 5.41) is 32.9. The van der Waals surface area contributed by atoms with Crippen LogP contribution in [0.15, 0.2) is 39.8 Å². The molecule has 1 aromatic rings. The number of rotatable bonds is 3. The lowest BCUT2D eigenvalue weighted by atomic mass is 9.52. The van der Waals surface area contributed by atoms with E-state index in [0.717, 1.165) is 56.9 Å². The zero-order chi connectivity index (χ0) is 26.4. The van der Waals surface area contributed by atoms with Crippen molar-refractivity contribution in [2.45, 2.75) is 107 Å². The maximum atomic E-state index is 12.4. The fourth-order valence-electron chi connectivity index (χ4n) is 8.01. The van der Waals surface area contributed by atoms with Gasteiger partial charge >= 0.3 is 5.63 Å². The topological polar surface area (TPSA) is 135 Å². The molecule has 1 saturated heterocycles. The molecular weight excluding hydrogens is 474 g/mol. The standard InChI is InChI=1S/C29H43NO7/c1-17-7-9-19(37-27-26(33)25(32)23(30)16-36-27)5-3-4-6-22-20(17)11-13-28(2)21(12-14-29(22,28)34)18-8-10-24(31)35-15-18/h3,5,8,10,15,17,19-23,25-27,32-34H,4,6-7,9,11-14,16,30H2,1-2H3. The normalized spacial score (nSPS) is 46.7. The first-order chi connectivity index (χ1) is 17.6. The molecule has 1 aromatic heterocycles. The number of aliphatic hydroxyl groups is 3. The largest absolute Gasteiger partial charge is 0.431 e. The molecule has 2 saturated carbocycles. The Morgan fingerprint density at radius 2 is 1.89 bits per heavy atom. The molecule has 206 valence electrons. The van der Waals surface area contributed by atoms with Gasteiger partial charge in [0.25, 0.3) is 0 Å². The van der Waals surface area contributed by atoms with E-state index >= 15 is 0 Å². The van der Waals surface area contributed by atoms with Crippen molar-refractivity contribution >= 4 is 0 Å². The highest BCUT2D eigenvalue weighted by molar-refractivity contribution is 5.26. The fourth-order valence-corrected chi connectivity index (χ4v) is 8.01. The van der Waals surface area contributed by atoms with E-state index in [1.54, 1.807) is 6.26 Å². The van der Waals surface area contributed by atoms with Crippen LogP contribution < -0.4 is 11.4 Å². The first-order valence-corrected chi connectivity index (χ1v) is 14.0. The molecule has 3 fully saturated rings. The van der Waals surface area contributed by atoms with Crippen LogP contribution >= 0.6 is 0 Å². The van der Waals surface area contributed by atoms with Crippen LogP contribution in [-0.2, 0) is 9.47 Å².